The quantitative estimate of drug-likeness (QED) is 0.746. The summed E-state index contributed by atoms with van der Waals surface area (Å²) in [6, 6.07) is 0.383. The van der Waals surface area contributed by atoms with Gasteiger partial charge in [0.15, 0.2) is 0 Å². The van der Waals surface area contributed by atoms with Crippen molar-refractivity contribution in [2.24, 2.45) is 5.73 Å². The Hall–Kier alpha value is -0.330. The molecule has 0 spiro atoms. The molecule has 1 aliphatic carbocycles. The minimum atomic E-state index is -0.0709. The van der Waals surface area contributed by atoms with Crippen molar-refractivity contribution in [3.05, 3.63) is 0 Å². The van der Waals surface area contributed by atoms with E-state index in [0.29, 0.717) is 11.0 Å². The van der Waals surface area contributed by atoms with Crippen molar-refractivity contribution < 1.29 is 4.79 Å². The molecule has 108 valence electrons. The molecule has 0 aromatic carbocycles. The standard InChI is InChI=1S/C13H23N3OS2/c1-9(11(17)15-10-3-4-10)16-7-5-13(19-2,6-8-16)12(14)18/h9-10H,3-8H2,1-2H3,(H2,14,18)(H,15,17). The Labute approximate surface area is 124 Å². The van der Waals surface area contributed by atoms with E-state index in [1.54, 1.807) is 11.8 Å². The van der Waals surface area contributed by atoms with Crippen LogP contribution in [0.2, 0.25) is 0 Å². The summed E-state index contributed by atoms with van der Waals surface area (Å²) >= 11 is 6.96. The van der Waals surface area contributed by atoms with Gasteiger partial charge in [-0.2, -0.15) is 11.8 Å². The van der Waals surface area contributed by atoms with Gasteiger partial charge < -0.3 is 11.1 Å². The zero-order valence-electron chi connectivity index (χ0n) is 11.6. The monoisotopic (exact) mass is 301 g/mol. The number of nitrogens with two attached hydrogens (primary N) is 1. The average Bonchev–Trinajstić information content (AvgIpc) is 3.21. The Morgan fingerprint density at radius 3 is 2.47 bits per heavy atom. The molecule has 2 rings (SSSR count). The van der Waals surface area contributed by atoms with Gasteiger partial charge in [-0.1, -0.05) is 12.2 Å². The Morgan fingerprint density at radius 2 is 2.05 bits per heavy atom. The number of likely N-dealkylation sites (tertiary alicyclic amines) is 1. The van der Waals surface area contributed by atoms with Crippen LogP contribution in [0.3, 0.4) is 0 Å². The van der Waals surface area contributed by atoms with Crippen LogP contribution in [0.5, 0.6) is 0 Å². The summed E-state index contributed by atoms with van der Waals surface area (Å²) in [6.07, 6.45) is 6.21. The average molecular weight is 301 g/mol. The highest BCUT2D eigenvalue weighted by Crippen LogP contribution is 2.35. The van der Waals surface area contributed by atoms with E-state index >= 15 is 0 Å². The highest BCUT2D eigenvalue weighted by molar-refractivity contribution is 8.02. The van der Waals surface area contributed by atoms with Gasteiger partial charge in [-0.05, 0) is 38.9 Å². The Kier molecular flexibility index (Phi) is 4.74. The predicted octanol–water partition coefficient (Wildman–Crippen LogP) is 1.14. The van der Waals surface area contributed by atoms with Crippen LogP contribution in [0.4, 0.5) is 0 Å². The summed E-state index contributed by atoms with van der Waals surface area (Å²) in [5.74, 6) is 0.162. The number of carbonyl (C=O) groups is 1. The van der Waals surface area contributed by atoms with Crippen LogP contribution in [0.15, 0.2) is 0 Å². The SMILES string of the molecule is CSC1(C(N)=S)CCN(C(C)C(=O)NC2CC2)CC1. The Bertz CT molecular complexity index is 363. The summed E-state index contributed by atoms with van der Waals surface area (Å²) in [5, 5.41) is 3.07. The Morgan fingerprint density at radius 1 is 1.47 bits per heavy atom. The van der Waals surface area contributed by atoms with E-state index in [1.165, 1.54) is 0 Å². The third-order valence-corrected chi connectivity index (χ3v) is 6.23. The number of piperidine rings is 1. The number of nitrogens with one attached hydrogen (secondary N) is 1. The van der Waals surface area contributed by atoms with Crippen LogP contribution in [0.25, 0.3) is 0 Å². The topological polar surface area (TPSA) is 58.4 Å². The van der Waals surface area contributed by atoms with Gasteiger partial charge in [0.25, 0.3) is 0 Å². The highest BCUT2D eigenvalue weighted by Gasteiger charge is 2.39. The summed E-state index contributed by atoms with van der Waals surface area (Å²) in [4.78, 5) is 14.9. The molecule has 1 saturated carbocycles. The fourth-order valence-corrected chi connectivity index (χ4v) is 3.79. The first-order chi connectivity index (χ1) is 8.98. The molecule has 4 nitrogen and oxygen atoms in total. The molecule has 2 fully saturated rings. The van der Waals surface area contributed by atoms with E-state index < -0.39 is 0 Å². The minimum Gasteiger partial charge on any atom is -0.392 e. The Balaban J connectivity index is 1.87. The number of hydrogen-bond donors (Lipinski definition) is 2. The molecule has 1 aliphatic heterocycles. The number of thiocarbonyl (C=S) groups is 1. The van der Waals surface area contributed by atoms with Crippen LogP contribution >= 0.6 is 24.0 Å². The maximum Gasteiger partial charge on any atom is 0.237 e. The number of carbonyl (C=O) groups excluding carboxylic acids is 1. The van der Waals surface area contributed by atoms with Crippen molar-refractivity contribution in [1.82, 2.24) is 10.2 Å². The largest absolute Gasteiger partial charge is 0.392 e. The molecule has 1 amide bonds. The number of amides is 1. The zero-order chi connectivity index (χ0) is 14.0. The van der Waals surface area contributed by atoms with Crippen LogP contribution in [0, 0.1) is 0 Å². The normalized spacial score (nSPS) is 24.7. The highest BCUT2D eigenvalue weighted by atomic mass is 32.2. The van der Waals surface area contributed by atoms with E-state index in [4.69, 9.17) is 18.0 Å². The second-order valence-electron chi connectivity index (χ2n) is 5.56. The molecule has 0 bridgehead atoms. The van der Waals surface area contributed by atoms with Gasteiger partial charge in [0.2, 0.25) is 5.91 Å². The van der Waals surface area contributed by atoms with Crippen molar-refractivity contribution in [2.75, 3.05) is 19.3 Å². The van der Waals surface area contributed by atoms with E-state index in [0.717, 1.165) is 38.8 Å². The number of thioether (sulfide) groups is 1. The smallest absolute Gasteiger partial charge is 0.237 e. The van der Waals surface area contributed by atoms with Gasteiger partial charge >= 0.3 is 0 Å². The van der Waals surface area contributed by atoms with Crippen molar-refractivity contribution in [2.45, 2.75) is 49.4 Å². The number of hydrogen-bond acceptors (Lipinski definition) is 4. The van der Waals surface area contributed by atoms with Crippen LogP contribution in [0.1, 0.15) is 32.6 Å². The van der Waals surface area contributed by atoms with Gasteiger partial charge in [0.1, 0.15) is 0 Å². The molecule has 1 unspecified atom stereocenters. The van der Waals surface area contributed by atoms with Gasteiger partial charge in [-0.3, -0.25) is 9.69 Å². The number of rotatable bonds is 5. The van der Waals surface area contributed by atoms with Crippen molar-refractivity contribution >= 4 is 34.9 Å². The zero-order valence-corrected chi connectivity index (χ0v) is 13.3. The van der Waals surface area contributed by atoms with Crippen molar-refractivity contribution in [1.29, 1.82) is 0 Å². The molecular weight excluding hydrogens is 278 g/mol. The summed E-state index contributed by atoms with van der Waals surface area (Å²) in [5.41, 5.74) is 5.88. The number of nitrogens with zero attached hydrogens (tertiary/aromatic N) is 1. The first-order valence-electron chi connectivity index (χ1n) is 6.88. The summed E-state index contributed by atoms with van der Waals surface area (Å²) in [6.45, 7) is 3.76. The minimum absolute atomic E-state index is 0.0493. The summed E-state index contributed by atoms with van der Waals surface area (Å²) < 4.78 is -0.0709. The lowest BCUT2D eigenvalue weighted by molar-refractivity contribution is -0.126. The molecule has 1 atom stereocenters. The van der Waals surface area contributed by atoms with Crippen molar-refractivity contribution in [3.63, 3.8) is 0 Å². The van der Waals surface area contributed by atoms with E-state index in [2.05, 4.69) is 16.5 Å². The van der Waals surface area contributed by atoms with Gasteiger partial charge in [0, 0.05) is 19.1 Å². The van der Waals surface area contributed by atoms with Crippen LogP contribution in [-0.2, 0) is 4.79 Å². The maximum absolute atomic E-state index is 12.0. The first-order valence-corrected chi connectivity index (χ1v) is 8.51. The molecule has 6 heteroatoms. The fourth-order valence-electron chi connectivity index (χ4n) is 2.54. The molecule has 2 aliphatic rings. The molecule has 1 heterocycles. The lowest BCUT2D eigenvalue weighted by Gasteiger charge is -2.41. The van der Waals surface area contributed by atoms with Crippen LogP contribution in [-0.4, -0.2) is 52.0 Å². The van der Waals surface area contributed by atoms with Crippen LogP contribution < -0.4 is 11.1 Å². The van der Waals surface area contributed by atoms with E-state index in [-0.39, 0.29) is 16.7 Å². The molecular formula is C13H23N3OS2. The maximum atomic E-state index is 12.0. The lowest BCUT2D eigenvalue weighted by Crippen LogP contribution is -2.54. The first kappa shape index (κ1) is 15.1. The molecule has 0 aromatic rings. The van der Waals surface area contributed by atoms with Crippen molar-refractivity contribution in [3.8, 4) is 0 Å². The molecule has 1 saturated heterocycles. The molecule has 19 heavy (non-hydrogen) atoms. The predicted molar refractivity (Wildman–Crippen MR) is 84.5 cm³/mol. The van der Waals surface area contributed by atoms with E-state index in [9.17, 15) is 4.79 Å². The van der Waals surface area contributed by atoms with E-state index in [1.807, 2.05) is 6.92 Å². The van der Waals surface area contributed by atoms with Gasteiger partial charge in [-0.15, -0.1) is 0 Å². The second kappa shape index (κ2) is 5.97. The third-order valence-electron chi connectivity index (χ3n) is 4.30. The van der Waals surface area contributed by atoms with Gasteiger partial charge in [0.05, 0.1) is 15.8 Å². The van der Waals surface area contributed by atoms with Gasteiger partial charge in [-0.25, -0.2) is 0 Å². The molecule has 0 aromatic heterocycles. The summed E-state index contributed by atoms with van der Waals surface area (Å²) in [7, 11) is 0. The fraction of sp³-hybridized carbons (Fsp3) is 0.846. The molecule has 0 radical (unpaired) electrons. The molecule has 3 N–H and O–H groups in total. The lowest BCUT2D eigenvalue weighted by atomic mass is 9.94. The third kappa shape index (κ3) is 3.41. The second-order valence-corrected chi connectivity index (χ2v) is 7.19.